The van der Waals surface area contributed by atoms with E-state index < -0.39 is 0 Å². The largest absolute Gasteiger partial charge is 0.375 e. The van der Waals surface area contributed by atoms with Gasteiger partial charge in [-0.05, 0) is 31.2 Å². The minimum absolute atomic E-state index is 0.0261. The summed E-state index contributed by atoms with van der Waals surface area (Å²) in [5, 5.41) is 10.3. The molecule has 0 bridgehead atoms. The Hall–Kier alpha value is -2.29. The second kappa shape index (κ2) is 6.95. The Morgan fingerprint density at radius 1 is 1.25 bits per heavy atom. The molecule has 4 heterocycles. The average Bonchev–Trinajstić information content (AvgIpc) is 3.32. The summed E-state index contributed by atoms with van der Waals surface area (Å²) in [4.78, 5) is 20.7. The van der Waals surface area contributed by atoms with Gasteiger partial charge < -0.3 is 14.2 Å². The van der Waals surface area contributed by atoms with E-state index in [1.54, 1.807) is 35.6 Å². The second-order valence-electron chi connectivity index (χ2n) is 6.91. The number of benzene rings is 1. The molecule has 0 saturated carbocycles. The van der Waals surface area contributed by atoms with Crippen molar-refractivity contribution in [2.24, 2.45) is 0 Å². The molecule has 0 fully saturated rings. The molecule has 28 heavy (non-hydrogen) atoms. The Balaban J connectivity index is 1.44. The highest BCUT2D eigenvalue weighted by atomic mass is 35.5. The molecule has 0 aliphatic carbocycles. The highest BCUT2D eigenvalue weighted by Gasteiger charge is 2.33. The van der Waals surface area contributed by atoms with Gasteiger partial charge in [-0.3, -0.25) is 4.79 Å². The van der Waals surface area contributed by atoms with Crippen molar-refractivity contribution in [3.8, 4) is 10.8 Å². The molecule has 2 aliphatic heterocycles. The van der Waals surface area contributed by atoms with E-state index in [9.17, 15) is 4.79 Å². The fourth-order valence-corrected chi connectivity index (χ4v) is 4.87. The first-order valence-electron chi connectivity index (χ1n) is 9.18. The van der Waals surface area contributed by atoms with Gasteiger partial charge in [-0.15, -0.1) is 21.5 Å². The maximum Gasteiger partial charge on any atom is 0.254 e. The molecule has 0 N–H and O–H groups in total. The van der Waals surface area contributed by atoms with E-state index in [1.165, 1.54) is 4.88 Å². The van der Waals surface area contributed by atoms with Crippen molar-refractivity contribution in [3.63, 3.8) is 0 Å². The third-order valence-electron chi connectivity index (χ3n) is 5.22. The summed E-state index contributed by atoms with van der Waals surface area (Å²) in [5.41, 5.74) is 1.73. The summed E-state index contributed by atoms with van der Waals surface area (Å²) in [5.74, 6) is 1.54. The number of amides is 1. The first-order chi connectivity index (χ1) is 13.6. The molecular weight excluding hydrogens is 398 g/mol. The van der Waals surface area contributed by atoms with Crippen LogP contribution in [0.25, 0.3) is 10.8 Å². The van der Waals surface area contributed by atoms with Gasteiger partial charge in [0.1, 0.15) is 0 Å². The number of fused-ring (bicyclic) bond motifs is 2. The number of thiazole rings is 1. The van der Waals surface area contributed by atoms with Gasteiger partial charge in [-0.1, -0.05) is 11.6 Å². The fraction of sp³-hybridized carbons (Fsp3) is 0.368. The Morgan fingerprint density at radius 3 is 2.86 bits per heavy atom. The Morgan fingerprint density at radius 2 is 2.07 bits per heavy atom. The Kier molecular flexibility index (Phi) is 4.41. The van der Waals surface area contributed by atoms with Crippen molar-refractivity contribution in [1.82, 2.24) is 24.6 Å². The van der Waals surface area contributed by atoms with Crippen LogP contribution in [0.4, 0.5) is 0 Å². The first-order valence-corrected chi connectivity index (χ1v) is 10.4. The van der Waals surface area contributed by atoms with Crippen molar-refractivity contribution in [3.05, 3.63) is 51.2 Å². The van der Waals surface area contributed by atoms with Gasteiger partial charge in [0.15, 0.2) is 16.7 Å². The van der Waals surface area contributed by atoms with E-state index in [1.807, 2.05) is 11.8 Å². The number of carbonyl (C=O) groups excluding carboxylic acids is 1. The van der Waals surface area contributed by atoms with E-state index >= 15 is 0 Å². The van der Waals surface area contributed by atoms with Crippen molar-refractivity contribution < 1.29 is 9.53 Å². The number of carbonyl (C=O) groups is 1. The van der Waals surface area contributed by atoms with Crippen LogP contribution in [-0.2, 0) is 24.3 Å². The summed E-state index contributed by atoms with van der Waals surface area (Å²) in [6.07, 6.45) is 0.840. The summed E-state index contributed by atoms with van der Waals surface area (Å²) in [7, 11) is 0. The third kappa shape index (κ3) is 2.92. The van der Waals surface area contributed by atoms with Crippen molar-refractivity contribution in [2.45, 2.75) is 32.5 Å². The van der Waals surface area contributed by atoms with Crippen LogP contribution in [0.5, 0.6) is 0 Å². The molecule has 144 valence electrons. The minimum Gasteiger partial charge on any atom is -0.375 e. The molecule has 2 aliphatic rings. The van der Waals surface area contributed by atoms with E-state index in [2.05, 4.69) is 14.8 Å². The number of hydrogen-bond acceptors (Lipinski definition) is 6. The second-order valence-corrected chi connectivity index (χ2v) is 8.43. The van der Waals surface area contributed by atoms with E-state index in [0.717, 1.165) is 28.8 Å². The van der Waals surface area contributed by atoms with Gasteiger partial charge >= 0.3 is 0 Å². The number of nitrogens with zero attached hydrogens (tertiary/aromatic N) is 5. The molecule has 0 spiro atoms. The molecule has 2 aromatic heterocycles. The maximum atomic E-state index is 12.9. The molecule has 0 saturated heterocycles. The molecule has 3 aromatic rings. The molecule has 1 atom stereocenters. The fourth-order valence-electron chi connectivity index (χ4n) is 3.70. The summed E-state index contributed by atoms with van der Waals surface area (Å²) in [6.45, 7) is 4.55. The number of aromatic nitrogens is 4. The van der Waals surface area contributed by atoms with Crippen LogP contribution in [0.2, 0.25) is 5.02 Å². The SMILES string of the molecule is C[C@@H]1c2nnc(-c3nc4c(s3)COCC4)n2CCN1C(=O)c1ccc(Cl)cc1. The van der Waals surface area contributed by atoms with Crippen LogP contribution in [0.15, 0.2) is 24.3 Å². The molecule has 1 amide bonds. The predicted octanol–water partition coefficient (Wildman–Crippen LogP) is 3.34. The smallest absolute Gasteiger partial charge is 0.254 e. The summed E-state index contributed by atoms with van der Waals surface area (Å²) >= 11 is 7.56. The standard InChI is InChI=1S/C19H18ClN5O2S/c1-11-16-22-23-17(18-21-14-6-9-27-10-15(14)28-18)25(16)8-7-24(11)19(26)12-2-4-13(20)5-3-12/h2-5,11H,6-10H2,1H3/t11-/m1/s1. The Bertz CT molecular complexity index is 1020. The zero-order chi connectivity index (χ0) is 19.3. The lowest BCUT2D eigenvalue weighted by atomic mass is 10.1. The number of hydrogen-bond donors (Lipinski definition) is 0. The van der Waals surface area contributed by atoms with Crippen LogP contribution in [0.1, 0.15) is 39.7 Å². The lowest BCUT2D eigenvalue weighted by Crippen LogP contribution is -2.41. The van der Waals surface area contributed by atoms with Crippen molar-refractivity contribution in [2.75, 3.05) is 13.2 Å². The van der Waals surface area contributed by atoms with Gasteiger partial charge in [0.25, 0.3) is 5.91 Å². The lowest BCUT2D eigenvalue weighted by Gasteiger charge is -2.33. The number of ether oxygens (including phenoxy) is 1. The van der Waals surface area contributed by atoms with Gasteiger partial charge in [-0.25, -0.2) is 4.98 Å². The van der Waals surface area contributed by atoms with Gasteiger partial charge in [0.05, 0.1) is 29.8 Å². The lowest BCUT2D eigenvalue weighted by molar-refractivity contribution is 0.0638. The average molecular weight is 416 g/mol. The van der Waals surface area contributed by atoms with Crippen LogP contribution in [0, 0.1) is 0 Å². The topological polar surface area (TPSA) is 73.1 Å². The van der Waals surface area contributed by atoms with Gasteiger partial charge in [0, 0.05) is 30.1 Å². The van der Waals surface area contributed by atoms with Crippen LogP contribution in [0.3, 0.4) is 0 Å². The molecular formula is C19H18ClN5O2S. The molecule has 5 rings (SSSR count). The molecule has 1 aromatic carbocycles. The summed E-state index contributed by atoms with van der Waals surface area (Å²) < 4.78 is 7.61. The van der Waals surface area contributed by atoms with Crippen molar-refractivity contribution >= 4 is 28.8 Å². The van der Waals surface area contributed by atoms with E-state index in [0.29, 0.717) is 36.9 Å². The van der Waals surface area contributed by atoms with Crippen LogP contribution >= 0.6 is 22.9 Å². The van der Waals surface area contributed by atoms with Gasteiger partial charge in [-0.2, -0.15) is 0 Å². The summed E-state index contributed by atoms with van der Waals surface area (Å²) in [6, 6.07) is 6.81. The predicted molar refractivity (Wildman–Crippen MR) is 105 cm³/mol. The minimum atomic E-state index is -0.170. The molecule has 0 radical (unpaired) electrons. The van der Waals surface area contributed by atoms with Crippen LogP contribution in [-0.4, -0.2) is 43.7 Å². The normalized spacial score (nSPS) is 18.6. The number of halogens is 1. The quantitative estimate of drug-likeness (QED) is 0.641. The van der Waals surface area contributed by atoms with Crippen LogP contribution < -0.4 is 0 Å². The molecule has 0 unspecified atom stereocenters. The Labute approximate surface area is 170 Å². The highest BCUT2D eigenvalue weighted by Crippen LogP contribution is 2.33. The monoisotopic (exact) mass is 415 g/mol. The maximum absolute atomic E-state index is 12.9. The third-order valence-corrected chi connectivity index (χ3v) is 6.54. The zero-order valence-electron chi connectivity index (χ0n) is 15.3. The van der Waals surface area contributed by atoms with Gasteiger partial charge in [0.2, 0.25) is 0 Å². The van der Waals surface area contributed by atoms with Crippen molar-refractivity contribution in [1.29, 1.82) is 0 Å². The zero-order valence-corrected chi connectivity index (χ0v) is 16.8. The van der Waals surface area contributed by atoms with E-state index in [-0.39, 0.29) is 11.9 Å². The first kappa shape index (κ1) is 17.8. The number of rotatable bonds is 2. The molecule has 7 nitrogen and oxygen atoms in total. The highest BCUT2D eigenvalue weighted by molar-refractivity contribution is 7.15. The van der Waals surface area contributed by atoms with E-state index in [4.69, 9.17) is 21.3 Å². The molecule has 9 heteroatoms.